The number of nitrogen functional groups attached to an aromatic ring is 1. The van der Waals surface area contributed by atoms with Crippen LogP contribution in [-0.2, 0) is 6.42 Å². The Bertz CT molecular complexity index is 569. The van der Waals surface area contributed by atoms with Crippen LogP contribution in [0.1, 0.15) is 24.6 Å². The Balaban J connectivity index is 2.56. The molecule has 0 aliphatic carbocycles. The molecule has 4 nitrogen and oxygen atoms in total. The number of nitrogens with two attached hydrogens (primary N) is 1. The standard InChI is InChI=1S/C13H15BrN4/c1-3-5-9-10(14)12(15)18-13(17-9)11-8(2)6-4-7-16-11/h4,6-7H,3,5H2,1-2H3,(H2,15,17,18). The number of hydrogen-bond acceptors (Lipinski definition) is 4. The van der Waals surface area contributed by atoms with Crippen LogP contribution in [0.25, 0.3) is 11.5 Å². The van der Waals surface area contributed by atoms with Gasteiger partial charge in [-0.2, -0.15) is 0 Å². The van der Waals surface area contributed by atoms with E-state index in [-0.39, 0.29) is 0 Å². The van der Waals surface area contributed by atoms with E-state index in [4.69, 9.17) is 5.73 Å². The third-order valence-electron chi connectivity index (χ3n) is 2.65. The first-order valence-electron chi connectivity index (χ1n) is 5.87. The summed E-state index contributed by atoms with van der Waals surface area (Å²) >= 11 is 3.44. The van der Waals surface area contributed by atoms with Crippen LogP contribution in [0.5, 0.6) is 0 Å². The number of nitrogens with zero attached hydrogens (tertiary/aromatic N) is 3. The normalized spacial score (nSPS) is 10.6. The lowest BCUT2D eigenvalue weighted by Gasteiger charge is -2.09. The van der Waals surface area contributed by atoms with Crippen LogP contribution >= 0.6 is 15.9 Å². The molecular formula is C13H15BrN4. The zero-order valence-electron chi connectivity index (χ0n) is 10.4. The van der Waals surface area contributed by atoms with Crippen molar-refractivity contribution in [1.82, 2.24) is 15.0 Å². The average Bonchev–Trinajstić information content (AvgIpc) is 2.35. The molecule has 2 rings (SSSR count). The van der Waals surface area contributed by atoms with Gasteiger partial charge in [-0.25, -0.2) is 9.97 Å². The van der Waals surface area contributed by atoms with Gasteiger partial charge in [0.05, 0.1) is 10.2 Å². The van der Waals surface area contributed by atoms with Gasteiger partial charge in [-0.3, -0.25) is 4.98 Å². The lowest BCUT2D eigenvalue weighted by molar-refractivity contribution is 0.868. The van der Waals surface area contributed by atoms with Crippen LogP contribution in [0.4, 0.5) is 5.82 Å². The van der Waals surface area contributed by atoms with Gasteiger partial charge >= 0.3 is 0 Å². The molecule has 2 aromatic heterocycles. The smallest absolute Gasteiger partial charge is 0.180 e. The lowest BCUT2D eigenvalue weighted by Crippen LogP contribution is -2.04. The number of aromatic nitrogens is 3. The molecule has 2 N–H and O–H groups in total. The molecule has 0 aliphatic heterocycles. The summed E-state index contributed by atoms with van der Waals surface area (Å²) in [6.07, 6.45) is 3.62. The van der Waals surface area contributed by atoms with Gasteiger partial charge in [-0.1, -0.05) is 19.4 Å². The Morgan fingerprint density at radius 2 is 2.11 bits per heavy atom. The van der Waals surface area contributed by atoms with E-state index < -0.39 is 0 Å². The predicted octanol–water partition coefficient (Wildman–Crippen LogP) is 3.14. The number of halogens is 1. The van der Waals surface area contributed by atoms with Gasteiger partial charge in [0, 0.05) is 6.20 Å². The molecule has 0 saturated heterocycles. The molecule has 0 saturated carbocycles. The SMILES string of the molecule is CCCc1nc(-c2ncccc2C)nc(N)c1Br. The number of hydrogen-bond donors (Lipinski definition) is 1. The molecule has 5 heteroatoms. The molecule has 0 bridgehead atoms. The van der Waals surface area contributed by atoms with Gasteiger partial charge in [-0.15, -0.1) is 0 Å². The fourth-order valence-electron chi connectivity index (χ4n) is 1.74. The summed E-state index contributed by atoms with van der Waals surface area (Å²) in [6, 6.07) is 3.89. The summed E-state index contributed by atoms with van der Waals surface area (Å²) in [5.41, 5.74) is 8.68. The molecule has 2 aromatic rings. The number of aryl methyl sites for hydroxylation is 2. The Morgan fingerprint density at radius 3 is 2.78 bits per heavy atom. The van der Waals surface area contributed by atoms with E-state index >= 15 is 0 Å². The maximum absolute atomic E-state index is 5.91. The van der Waals surface area contributed by atoms with E-state index in [1.165, 1.54) is 0 Å². The Hall–Kier alpha value is -1.49. The van der Waals surface area contributed by atoms with Crippen molar-refractivity contribution in [2.75, 3.05) is 5.73 Å². The molecule has 18 heavy (non-hydrogen) atoms. The van der Waals surface area contributed by atoms with Crippen molar-refractivity contribution in [3.63, 3.8) is 0 Å². The van der Waals surface area contributed by atoms with Crippen molar-refractivity contribution < 1.29 is 0 Å². The number of anilines is 1. The Morgan fingerprint density at radius 1 is 1.33 bits per heavy atom. The van der Waals surface area contributed by atoms with E-state index in [1.54, 1.807) is 6.20 Å². The minimum Gasteiger partial charge on any atom is -0.383 e. The molecular weight excluding hydrogens is 292 g/mol. The van der Waals surface area contributed by atoms with Crippen molar-refractivity contribution in [3.8, 4) is 11.5 Å². The molecule has 0 aromatic carbocycles. The first-order valence-corrected chi connectivity index (χ1v) is 6.66. The summed E-state index contributed by atoms with van der Waals surface area (Å²) in [7, 11) is 0. The van der Waals surface area contributed by atoms with E-state index in [1.807, 2.05) is 19.1 Å². The van der Waals surface area contributed by atoms with Gasteiger partial charge in [0.2, 0.25) is 0 Å². The highest BCUT2D eigenvalue weighted by Crippen LogP contribution is 2.26. The lowest BCUT2D eigenvalue weighted by atomic mass is 10.2. The minimum absolute atomic E-state index is 0.466. The molecule has 2 heterocycles. The van der Waals surface area contributed by atoms with Gasteiger partial charge in [0.1, 0.15) is 11.5 Å². The summed E-state index contributed by atoms with van der Waals surface area (Å²) in [5, 5.41) is 0. The molecule has 0 fully saturated rings. The highest BCUT2D eigenvalue weighted by molar-refractivity contribution is 9.10. The number of pyridine rings is 1. The molecule has 94 valence electrons. The molecule has 0 spiro atoms. The molecule has 0 atom stereocenters. The van der Waals surface area contributed by atoms with Crippen LogP contribution in [-0.4, -0.2) is 15.0 Å². The van der Waals surface area contributed by atoms with Crippen molar-refractivity contribution in [1.29, 1.82) is 0 Å². The monoisotopic (exact) mass is 306 g/mol. The van der Waals surface area contributed by atoms with Crippen molar-refractivity contribution in [3.05, 3.63) is 34.1 Å². The fourth-order valence-corrected chi connectivity index (χ4v) is 2.12. The molecule has 0 radical (unpaired) electrons. The maximum Gasteiger partial charge on any atom is 0.180 e. The zero-order chi connectivity index (χ0) is 13.1. The minimum atomic E-state index is 0.466. The van der Waals surface area contributed by atoms with Crippen LogP contribution in [0.3, 0.4) is 0 Å². The topological polar surface area (TPSA) is 64.7 Å². The molecule has 0 unspecified atom stereocenters. The van der Waals surface area contributed by atoms with Crippen LogP contribution in [0.2, 0.25) is 0 Å². The third kappa shape index (κ3) is 2.51. The van der Waals surface area contributed by atoms with Gasteiger partial charge < -0.3 is 5.73 Å². The van der Waals surface area contributed by atoms with Crippen LogP contribution in [0.15, 0.2) is 22.8 Å². The predicted molar refractivity (Wildman–Crippen MR) is 76.1 cm³/mol. The summed E-state index contributed by atoms with van der Waals surface area (Å²) in [5.74, 6) is 1.06. The second-order valence-electron chi connectivity index (χ2n) is 4.11. The van der Waals surface area contributed by atoms with Crippen molar-refractivity contribution in [2.45, 2.75) is 26.7 Å². The van der Waals surface area contributed by atoms with Gasteiger partial charge in [-0.05, 0) is 40.9 Å². The van der Waals surface area contributed by atoms with Crippen molar-refractivity contribution in [2.24, 2.45) is 0 Å². The molecule has 0 amide bonds. The van der Waals surface area contributed by atoms with Crippen molar-refractivity contribution >= 4 is 21.7 Å². The summed E-state index contributed by atoms with van der Waals surface area (Å²) in [4.78, 5) is 13.2. The number of rotatable bonds is 3. The summed E-state index contributed by atoms with van der Waals surface area (Å²) < 4.78 is 0.793. The van der Waals surface area contributed by atoms with E-state index in [9.17, 15) is 0 Å². The van der Waals surface area contributed by atoms with E-state index in [0.29, 0.717) is 11.6 Å². The Labute approximate surface area is 115 Å². The van der Waals surface area contributed by atoms with Crippen LogP contribution < -0.4 is 5.73 Å². The first-order chi connectivity index (χ1) is 8.63. The Kier molecular flexibility index (Phi) is 3.91. The van der Waals surface area contributed by atoms with Gasteiger partial charge in [0.25, 0.3) is 0 Å². The van der Waals surface area contributed by atoms with E-state index in [0.717, 1.165) is 34.3 Å². The van der Waals surface area contributed by atoms with E-state index in [2.05, 4.69) is 37.8 Å². The second kappa shape index (κ2) is 5.44. The highest BCUT2D eigenvalue weighted by Gasteiger charge is 2.13. The highest BCUT2D eigenvalue weighted by atomic mass is 79.9. The average molecular weight is 307 g/mol. The largest absolute Gasteiger partial charge is 0.383 e. The van der Waals surface area contributed by atoms with Gasteiger partial charge in [0.15, 0.2) is 5.82 Å². The third-order valence-corrected chi connectivity index (χ3v) is 3.52. The maximum atomic E-state index is 5.91. The second-order valence-corrected chi connectivity index (χ2v) is 4.91. The fraction of sp³-hybridized carbons (Fsp3) is 0.308. The quantitative estimate of drug-likeness (QED) is 0.946. The summed E-state index contributed by atoms with van der Waals surface area (Å²) in [6.45, 7) is 4.10. The first kappa shape index (κ1) is 13.0. The zero-order valence-corrected chi connectivity index (χ0v) is 12.0. The molecule has 0 aliphatic rings. The van der Waals surface area contributed by atoms with Crippen LogP contribution in [0, 0.1) is 6.92 Å².